The Labute approximate surface area is 161 Å². The van der Waals surface area contributed by atoms with E-state index in [4.69, 9.17) is 10.5 Å². The first kappa shape index (κ1) is 18.8. The van der Waals surface area contributed by atoms with E-state index >= 15 is 4.39 Å². The molecule has 8 heteroatoms. The minimum absolute atomic E-state index is 0.0418. The lowest BCUT2D eigenvalue weighted by Gasteiger charge is -2.21. The molecule has 1 aliphatic heterocycles. The number of aromatic nitrogens is 1. The van der Waals surface area contributed by atoms with Gasteiger partial charge in [0.25, 0.3) is 5.69 Å². The van der Waals surface area contributed by atoms with Crippen LogP contribution in [0.1, 0.15) is 55.9 Å². The molecule has 4 rings (SSSR count). The maximum Gasteiger partial charge on any atom is 0.293 e. The van der Waals surface area contributed by atoms with Gasteiger partial charge in [0.05, 0.1) is 16.7 Å². The second kappa shape index (κ2) is 7.10. The number of nitrogens with two attached hydrogens (primary N) is 1. The van der Waals surface area contributed by atoms with E-state index in [-0.39, 0.29) is 22.5 Å². The summed E-state index contributed by atoms with van der Waals surface area (Å²) < 4.78 is 20.9. The predicted octanol–water partition coefficient (Wildman–Crippen LogP) is 3.99. The van der Waals surface area contributed by atoms with Crippen LogP contribution in [0.3, 0.4) is 0 Å². The summed E-state index contributed by atoms with van der Waals surface area (Å²) in [5, 5.41) is 22.1. The van der Waals surface area contributed by atoms with Gasteiger partial charge in [-0.25, -0.2) is 4.39 Å². The van der Waals surface area contributed by atoms with Gasteiger partial charge in [0.1, 0.15) is 17.1 Å². The number of benzene rings is 1. The third-order valence-corrected chi connectivity index (χ3v) is 5.75. The van der Waals surface area contributed by atoms with Crippen LogP contribution in [0.15, 0.2) is 24.4 Å². The van der Waals surface area contributed by atoms with Crippen LogP contribution in [0.5, 0.6) is 0 Å². The molecule has 2 fully saturated rings. The van der Waals surface area contributed by atoms with Crippen molar-refractivity contribution in [2.75, 3.05) is 12.3 Å². The van der Waals surface area contributed by atoms with Gasteiger partial charge < -0.3 is 15.6 Å². The van der Waals surface area contributed by atoms with Crippen molar-refractivity contribution in [3.63, 3.8) is 0 Å². The molecule has 28 heavy (non-hydrogen) atoms. The lowest BCUT2D eigenvalue weighted by molar-refractivity contribution is -0.384. The van der Waals surface area contributed by atoms with Crippen LogP contribution in [0, 0.1) is 15.9 Å². The summed E-state index contributed by atoms with van der Waals surface area (Å²) in [6, 6.07) is 4.44. The molecule has 2 heterocycles. The van der Waals surface area contributed by atoms with E-state index in [2.05, 4.69) is 4.98 Å². The predicted molar refractivity (Wildman–Crippen MR) is 101 cm³/mol. The summed E-state index contributed by atoms with van der Waals surface area (Å²) in [5.41, 5.74) is 5.47. The van der Waals surface area contributed by atoms with Crippen molar-refractivity contribution in [3.05, 3.63) is 51.6 Å². The SMILES string of the molecule is Nc1c([N+](=O)[O-])cc(-c2ccc(C3(O)CCCC3)nc2)c(F)c1[C@H]1CCCO1. The maximum atomic E-state index is 15.3. The van der Waals surface area contributed by atoms with Gasteiger partial charge in [0.2, 0.25) is 0 Å². The van der Waals surface area contributed by atoms with E-state index in [0.717, 1.165) is 25.3 Å². The number of hydrogen-bond acceptors (Lipinski definition) is 6. The van der Waals surface area contributed by atoms with Gasteiger partial charge in [-0.1, -0.05) is 18.9 Å². The fourth-order valence-corrected chi connectivity index (χ4v) is 4.20. The Morgan fingerprint density at radius 3 is 2.64 bits per heavy atom. The number of nitrogen functional groups attached to an aromatic ring is 1. The van der Waals surface area contributed by atoms with E-state index in [1.54, 1.807) is 12.1 Å². The molecule has 0 unspecified atom stereocenters. The topological polar surface area (TPSA) is 112 Å². The fraction of sp³-hybridized carbons (Fsp3) is 0.450. The first-order valence-corrected chi connectivity index (χ1v) is 9.48. The lowest BCUT2D eigenvalue weighted by Crippen LogP contribution is -2.22. The largest absolute Gasteiger partial charge is 0.393 e. The van der Waals surface area contributed by atoms with Crippen LogP contribution >= 0.6 is 0 Å². The van der Waals surface area contributed by atoms with E-state index in [1.807, 2.05) is 0 Å². The van der Waals surface area contributed by atoms with Crippen molar-refractivity contribution in [1.82, 2.24) is 4.98 Å². The Morgan fingerprint density at radius 2 is 2.07 bits per heavy atom. The quantitative estimate of drug-likeness (QED) is 0.466. The van der Waals surface area contributed by atoms with Crippen LogP contribution < -0.4 is 5.73 Å². The molecule has 1 atom stereocenters. The van der Waals surface area contributed by atoms with E-state index < -0.39 is 22.4 Å². The molecule has 0 spiro atoms. The van der Waals surface area contributed by atoms with E-state index in [1.165, 1.54) is 6.20 Å². The number of aliphatic hydroxyl groups is 1. The Hall–Kier alpha value is -2.58. The molecule has 7 nitrogen and oxygen atoms in total. The van der Waals surface area contributed by atoms with Gasteiger partial charge in [-0.2, -0.15) is 0 Å². The monoisotopic (exact) mass is 387 g/mol. The molecule has 0 radical (unpaired) electrons. The molecule has 1 aliphatic carbocycles. The normalized spacial score (nSPS) is 21.1. The number of rotatable bonds is 4. The molecule has 2 aromatic rings. The Morgan fingerprint density at radius 1 is 1.32 bits per heavy atom. The number of halogens is 1. The summed E-state index contributed by atoms with van der Waals surface area (Å²) in [4.78, 5) is 15.2. The minimum atomic E-state index is -0.951. The molecule has 148 valence electrons. The number of hydrogen-bond donors (Lipinski definition) is 2. The Kier molecular flexibility index (Phi) is 4.76. The summed E-state index contributed by atoms with van der Waals surface area (Å²) in [7, 11) is 0. The first-order valence-electron chi connectivity index (χ1n) is 9.48. The summed E-state index contributed by atoms with van der Waals surface area (Å²) in [5.74, 6) is -0.621. The van der Waals surface area contributed by atoms with Crippen molar-refractivity contribution in [1.29, 1.82) is 0 Å². The Balaban J connectivity index is 1.79. The molecular formula is C20H22FN3O4. The fourth-order valence-electron chi connectivity index (χ4n) is 4.20. The van der Waals surface area contributed by atoms with Gasteiger partial charge in [0, 0.05) is 35.6 Å². The number of pyridine rings is 1. The van der Waals surface area contributed by atoms with Crippen LogP contribution in [0.2, 0.25) is 0 Å². The molecule has 3 N–H and O–H groups in total. The molecular weight excluding hydrogens is 365 g/mol. The minimum Gasteiger partial charge on any atom is -0.393 e. The molecule has 1 saturated heterocycles. The third kappa shape index (κ3) is 3.12. The number of nitro groups is 1. The number of anilines is 1. The van der Waals surface area contributed by atoms with Gasteiger partial charge in [-0.05, 0) is 31.7 Å². The zero-order chi connectivity index (χ0) is 19.9. The summed E-state index contributed by atoms with van der Waals surface area (Å²) in [6.07, 6.45) is 5.32. The van der Waals surface area contributed by atoms with Crippen molar-refractivity contribution in [2.24, 2.45) is 0 Å². The molecule has 1 aromatic carbocycles. The maximum absolute atomic E-state index is 15.3. The average molecular weight is 387 g/mol. The van der Waals surface area contributed by atoms with Crippen LogP contribution in [0.4, 0.5) is 15.8 Å². The second-order valence-corrected chi connectivity index (χ2v) is 7.51. The second-order valence-electron chi connectivity index (χ2n) is 7.51. The smallest absolute Gasteiger partial charge is 0.293 e. The van der Waals surface area contributed by atoms with Crippen molar-refractivity contribution < 1.29 is 19.2 Å². The van der Waals surface area contributed by atoms with Crippen molar-refractivity contribution in [3.8, 4) is 11.1 Å². The van der Waals surface area contributed by atoms with E-state index in [9.17, 15) is 15.2 Å². The van der Waals surface area contributed by atoms with Crippen LogP contribution in [-0.4, -0.2) is 21.6 Å². The van der Waals surface area contributed by atoms with Gasteiger partial charge >= 0.3 is 0 Å². The third-order valence-electron chi connectivity index (χ3n) is 5.75. The van der Waals surface area contributed by atoms with Crippen molar-refractivity contribution >= 4 is 11.4 Å². The Bertz CT molecular complexity index is 905. The van der Waals surface area contributed by atoms with Crippen LogP contribution in [-0.2, 0) is 10.3 Å². The van der Waals surface area contributed by atoms with Crippen molar-refractivity contribution in [2.45, 2.75) is 50.2 Å². The lowest BCUT2D eigenvalue weighted by atomic mass is 9.94. The standard InChI is InChI=1S/C20H22FN3O4/c21-18-13(12-5-6-16(23-11-12)20(25)7-1-2-8-20)10-14(24(26)27)19(22)17(18)15-4-3-9-28-15/h5-6,10-11,15,25H,1-4,7-9,22H2/t15-/m1/s1. The highest BCUT2D eigenvalue weighted by atomic mass is 19.1. The number of nitrogens with zero attached hydrogens (tertiary/aromatic N) is 2. The molecule has 1 aromatic heterocycles. The highest BCUT2D eigenvalue weighted by Gasteiger charge is 2.35. The van der Waals surface area contributed by atoms with Crippen LogP contribution in [0.25, 0.3) is 11.1 Å². The number of ether oxygens (including phenoxy) is 1. The number of nitro benzene ring substituents is 1. The molecule has 1 saturated carbocycles. The molecule has 0 amide bonds. The van der Waals surface area contributed by atoms with Gasteiger partial charge in [-0.3, -0.25) is 15.1 Å². The summed E-state index contributed by atoms with van der Waals surface area (Å²) >= 11 is 0. The molecule has 0 bridgehead atoms. The zero-order valence-electron chi connectivity index (χ0n) is 15.4. The highest BCUT2D eigenvalue weighted by Crippen LogP contribution is 2.43. The highest BCUT2D eigenvalue weighted by molar-refractivity contribution is 5.76. The van der Waals surface area contributed by atoms with Gasteiger partial charge in [0.15, 0.2) is 0 Å². The average Bonchev–Trinajstić information content (AvgIpc) is 3.35. The summed E-state index contributed by atoms with van der Waals surface area (Å²) in [6.45, 7) is 0.469. The zero-order valence-corrected chi connectivity index (χ0v) is 15.4. The first-order chi connectivity index (χ1) is 13.4. The van der Waals surface area contributed by atoms with E-state index in [0.29, 0.717) is 37.1 Å². The van der Waals surface area contributed by atoms with Gasteiger partial charge in [-0.15, -0.1) is 0 Å². The molecule has 2 aliphatic rings.